The van der Waals surface area contributed by atoms with Gasteiger partial charge in [-0.1, -0.05) is 29.8 Å². The van der Waals surface area contributed by atoms with Crippen molar-refractivity contribution in [1.82, 2.24) is 14.6 Å². The summed E-state index contributed by atoms with van der Waals surface area (Å²) in [6.07, 6.45) is 1.77. The summed E-state index contributed by atoms with van der Waals surface area (Å²) < 4.78 is 20.8. The maximum Gasteiger partial charge on any atom is 0.260 e. The Morgan fingerprint density at radius 1 is 1.21 bits per heavy atom. The highest BCUT2D eigenvalue weighted by molar-refractivity contribution is 6.34. The van der Waals surface area contributed by atoms with E-state index in [2.05, 4.69) is 15.4 Å². The molecule has 0 unspecified atom stereocenters. The van der Waals surface area contributed by atoms with Gasteiger partial charge >= 0.3 is 0 Å². The molecule has 2 heterocycles. The average molecular weight is 411 g/mol. The van der Waals surface area contributed by atoms with Crippen molar-refractivity contribution in [2.24, 2.45) is 0 Å². The minimum Gasteiger partial charge on any atom is -0.480 e. The molecule has 0 saturated heterocycles. The summed E-state index contributed by atoms with van der Waals surface area (Å²) in [5, 5.41) is 7.08. The van der Waals surface area contributed by atoms with Crippen LogP contribution in [0.4, 0.5) is 10.1 Å². The Morgan fingerprint density at radius 2 is 2.03 bits per heavy atom. The van der Waals surface area contributed by atoms with Crippen molar-refractivity contribution < 1.29 is 13.9 Å². The van der Waals surface area contributed by atoms with E-state index in [4.69, 9.17) is 16.3 Å². The minimum atomic E-state index is -0.677. The van der Waals surface area contributed by atoms with Crippen molar-refractivity contribution >= 4 is 28.8 Å². The molecule has 1 N–H and O–H groups in total. The van der Waals surface area contributed by atoms with Gasteiger partial charge in [0, 0.05) is 17.3 Å². The number of aryl methyl sites for hydroxylation is 1. The molecule has 6 nitrogen and oxygen atoms in total. The number of halogens is 2. The normalized spacial score (nSPS) is 10.9. The van der Waals surface area contributed by atoms with Crippen LogP contribution in [0.3, 0.4) is 0 Å². The van der Waals surface area contributed by atoms with E-state index in [0.29, 0.717) is 22.9 Å². The Hall–Kier alpha value is -3.45. The zero-order valence-corrected chi connectivity index (χ0v) is 16.4. The fourth-order valence-electron chi connectivity index (χ4n) is 2.93. The lowest BCUT2D eigenvalue weighted by atomic mass is 10.1. The largest absolute Gasteiger partial charge is 0.480 e. The van der Waals surface area contributed by atoms with E-state index in [1.54, 1.807) is 36.0 Å². The van der Waals surface area contributed by atoms with Crippen LogP contribution in [0.1, 0.15) is 15.9 Å². The first-order valence-corrected chi connectivity index (χ1v) is 9.11. The Morgan fingerprint density at radius 3 is 2.79 bits per heavy atom. The van der Waals surface area contributed by atoms with E-state index < -0.39 is 11.7 Å². The third-order valence-electron chi connectivity index (χ3n) is 4.48. The number of fused-ring (bicyclic) bond motifs is 1. The lowest BCUT2D eigenvalue weighted by molar-refractivity contribution is 0.102. The van der Waals surface area contributed by atoms with Crippen molar-refractivity contribution in [3.05, 3.63) is 76.7 Å². The summed E-state index contributed by atoms with van der Waals surface area (Å²) in [4.78, 5) is 17.1. The van der Waals surface area contributed by atoms with Crippen molar-refractivity contribution in [2.75, 3.05) is 12.4 Å². The van der Waals surface area contributed by atoms with Gasteiger partial charge in [-0.05, 0) is 36.8 Å². The first-order chi connectivity index (χ1) is 14.0. The van der Waals surface area contributed by atoms with Crippen molar-refractivity contribution in [3.8, 4) is 17.1 Å². The van der Waals surface area contributed by atoms with E-state index >= 15 is 0 Å². The van der Waals surface area contributed by atoms with Crippen LogP contribution >= 0.6 is 11.6 Å². The number of ether oxygens (including phenoxy) is 1. The number of aromatic nitrogens is 3. The summed E-state index contributed by atoms with van der Waals surface area (Å²) in [6.45, 7) is 1.85. The number of hydrogen-bond acceptors (Lipinski definition) is 4. The molecule has 0 aliphatic rings. The monoisotopic (exact) mass is 410 g/mol. The van der Waals surface area contributed by atoms with Crippen LogP contribution in [0.15, 0.2) is 54.7 Å². The molecule has 0 aliphatic carbocycles. The van der Waals surface area contributed by atoms with Gasteiger partial charge in [-0.2, -0.15) is 0 Å². The second kappa shape index (κ2) is 7.52. The number of methoxy groups -OCH3 is 1. The summed E-state index contributed by atoms with van der Waals surface area (Å²) in [5.74, 6) is -0.820. The second-order valence-electron chi connectivity index (χ2n) is 6.39. The molecule has 2 aromatic heterocycles. The SMILES string of the molecule is COc1ccc2nc(-c3ccc(C)c(NC(=O)c4c(F)cccc4Cl)c3)cn2n1. The quantitative estimate of drug-likeness (QED) is 0.526. The first-order valence-electron chi connectivity index (χ1n) is 8.73. The zero-order valence-electron chi connectivity index (χ0n) is 15.6. The molecule has 0 fully saturated rings. The third-order valence-corrected chi connectivity index (χ3v) is 4.79. The molecule has 2 aromatic carbocycles. The fraction of sp³-hybridized carbons (Fsp3) is 0.0952. The van der Waals surface area contributed by atoms with Gasteiger partial charge in [-0.15, -0.1) is 5.10 Å². The van der Waals surface area contributed by atoms with E-state index in [-0.39, 0.29) is 10.6 Å². The molecule has 0 aliphatic heterocycles. The maximum atomic E-state index is 14.1. The molecule has 0 saturated carbocycles. The zero-order chi connectivity index (χ0) is 20.5. The van der Waals surface area contributed by atoms with Crippen LogP contribution in [0.5, 0.6) is 5.88 Å². The molecule has 4 aromatic rings. The Labute approximate surface area is 170 Å². The van der Waals surface area contributed by atoms with Crippen molar-refractivity contribution in [3.63, 3.8) is 0 Å². The molecule has 0 bridgehead atoms. The average Bonchev–Trinajstić information content (AvgIpc) is 3.12. The van der Waals surface area contributed by atoms with Gasteiger partial charge in [-0.3, -0.25) is 4.79 Å². The molecule has 0 spiro atoms. The van der Waals surface area contributed by atoms with E-state index in [1.165, 1.54) is 18.2 Å². The molecule has 146 valence electrons. The van der Waals surface area contributed by atoms with Gasteiger partial charge < -0.3 is 10.1 Å². The molecule has 0 radical (unpaired) electrons. The molecule has 4 rings (SSSR count). The van der Waals surface area contributed by atoms with Gasteiger partial charge in [0.15, 0.2) is 5.65 Å². The van der Waals surface area contributed by atoms with E-state index in [1.807, 2.05) is 19.1 Å². The first kappa shape index (κ1) is 18.9. The maximum absolute atomic E-state index is 14.1. The number of carbonyl (C=O) groups is 1. The Balaban J connectivity index is 1.68. The molecular weight excluding hydrogens is 395 g/mol. The van der Waals surface area contributed by atoms with Crippen LogP contribution in [0.25, 0.3) is 16.9 Å². The van der Waals surface area contributed by atoms with Gasteiger partial charge in [0.25, 0.3) is 5.91 Å². The Bertz CT molecular complexity index is 1220. The number of rotatable bonds is 4. The number of amides is 1. The van der Waals surface area contributed by atoms with Crippen LogP contribution in [0, 0.1) is 12.7 Å². The number of anilines is 1. The molecule has 29 heavy (non-hydrogen) atoms. The third kappa shape index (κ3) is 3.64. The standard InChI is InChI=1S/C21H16ClFN4O2/c1-12-6-7-13(17-11-27-18(24-17)8-9-19(26-27)29-2)10-16(12)25-21(28)20-14(22)4-3-5-15(20)23/h3-11H,1-2H3,(H,25,28). The molecule has 1 amide bonds. The number of imidazole rings is 1. The summed E-state index contributed by atoms with van der Waals surface area (Å²) >= 11 is 6.00. The lowest BCUT2D eigenvalue weighted by Crippen LogP contribution is -2.15. The highest BCUT2D eigenvalue weighted by Crippen LogP contribution is 2.27. The second-order valence-corrected chi connectivity index (χ2v) is 6.79. The lowest BCUT2D eigenvalue weighted by Gasteiger charge is -2.11. The topological polar surface area (TPSA) is 68.5 Å². The van der Waals surface area contributed by atoms with E-state index in [9.17, 15) is 9.18 Å². The highest BCUT2D eigenvalue weighted by atomic mass is 35.5. The predicted octanol–water partition coefficient (Wildman–Crippen LogP) is 4.76. The van der Waals surface area contributed by atoms with Crippen LogP contribution in [-0.4, -0.2) is 27.6 Å². The van der Waals surface area contributed by atoms with E-state index in [0.717, 1.165) is 11.1 Å². The van der Waals surface area contributed by atoms with Gasteiger partial charge in [0.1, 0.15) is 5.82 Å². The predicted molar refractivity (Wildman–Crippen MR) is 109 cm³/mol. The molecule has 0 atom stereocenters. The van der Waals surface area contributed by atoms with Crippen molar-refractivity contribution in [2.45, 2.75) is 6.92 Å². The number of carbonyl (C=O) groups excluding carboxylic acids is 1. The van der Waals surface area contributed by atoms with Crippen LogP contribution in [-0.2, 0) is 0 Å². The minimum absolute atomic E-state index is 0.0525. The van der Waals surface area contributed by atoms with Gasteiger partial charge in [-0.25, -0.2) is 13.9 Å². The summed E-state index contributed by atoms with van der Waals surface area (Å²) in [5.41, 5.74) is 3.26. The van der Waals surface area contributed by atoms with Gasteiger partial charge in [0.05, 0.1) is 29.6 Å². The highest BCUT2D eigenvalue weighted by Gasteiger charge is 2.17. The fourth-order valence-corrected chi connectivity index (χ4v) is 3.18. The molecular formula is C21H16ClFN4O2. The smallest absolute Gasteiger partial charge is 0.260 e. The van der Waals surface area contributed by atoms with Gasteiger partial charge in [0.2, 0.25) is 5.88 Å². The Kier molecular flexibility index (Phi) is 4.90. The van der Waals surface area contributed by atoms with Crippen LogP contribution in [0.2, 0.25) is 5.02 Å². The number of hydrogen-bond donors (Lipinski definition) is 1. The van der Waals surface area contributed by atoms with Crippen molar-refractivity contribution in [1.29, 1.82) is 0 Å². The summed E-state index contributed by atoms with van der Waals surface area (Å²) in [6, 6.07) is 13.2. The molecule has 8 heteroatoms. The summed E-state index contributed by atoms with van der Waals surface area (Å²) in [7, 11) is 1.54. The van der Waals surface area contributed by atoms with Crippen LogP contribution < -0.4 is 10.1 Å². The number of nitrogens with zero attached hydrogens (tertiary/aromatic N) is 3. The number of nitrogens with one attached hydrogen (secondary N) is 1. The number of benzene rings is 2.